The van der Waals surface area contributed by atoms with Crippen LogP contribution in [0, 0.1) is 0 Å². The number of ether oxygens (including phenoxy) is 2. The average molecular weight is 745 g/mol. The fraction of sp³-hybridized carbons (Fsp3) is 0.0588. The summed E-state index contributed by atoms with van der Waals surface area (Å²) in [7, 11) is -6.28. The molecule has 0 atom stereocenters. The molecule has 18 heteroatoms. The molecule has 8 N–H and O–H groups in total. The summed E-state index contributed by atoms with van der Waals surface area (Å²) in [6.45, 7) is 0. The first kappa shape index (κ1) is 35.5. The molecule has 0 saturated carbocycles. The molecule has 0 aliphatic carbocycles. The van der Waals surface area contributed by atoms with Crippen molar-refractivity contribution in [3.05, 3.63) is 84.9 Å². The second kappa shape index (κ2) is 13.4. The summed E-state index contributed by atoms with van der Waals surface area (Å²) in [6.07, 6.45) is 0. The summed E-state index contributed by atoms with van der Waals surface area (Å²) in [5.41, 5.74) is 14.7. The second-order valence-electron chi connectivity index (χ2n) is 11.2. The third-order valence-corrected chi connectivity index (χ3v) is 9.62. The molecule has 0 fully saturated rings. The van der Waals surface area contributed by atoms with E-state index in [9.17, 15) is 36.2 Å². The Balaban J connectivity index is 1.32. The van der Waals surface area contributed by atoms with E-state index in [2.05, 4.69) is 20.5 Å². The molecular formula is C34H28N6O10S2. The standard InChI is InChI=1S/C34H28N6O10S2/c1-49-29-13-17(5-9-25(29)37-39-33-23(35)7-3-19-11-21(51(43,44)45)15-27(41)31(19)33)18-6-10-26(30(14-18)50-2)38-40-34-24(36)8-4-20-12-22(52(46,47)48)16-28(42)32(20)34/h3-16,41-42H,35-36H2,1-2H3,(H,43,44,45)(H,46,47,48). The summed E-state index contributed by atoms with van der Waals surface area (Å²) in [5, 5.41) is 39.0. The lowest BCUT2D eigenvalue weighted by atomic mass is 10.0. The van der Waals surface area contributed by atoms with Crippen LogP contribution >= 0.6 is 0 Å². The van der Waals surface area contributed by atoms with E-state index in [1.54, 1.807) is 36.4 Å². The number of phenols is 2. The fourth-order valence-corrected chi connectivity index (χ4v) is 6.50. The highest BCUT2D eigenvalue weighted by atomic mass is 32.2. The Kier molecular flexibility index (Phi) is 9.15. The van der Waals surface area contributed by atoms with Gasteiger partial charge in [0.05, 0.1) is 46.2 Å². The predicted molar refractivity (Wildman–Crippen MR) is 193 cm³/mol. The lowest BCUT2D eigenvalue weighted by Gasteiger charge is -2.11. The van der Waals surface area contributed by atoms with Gasteiger partial charge >= 0.3 is 0 Å². The van der Waals surface area contributed by atoms with Crippen molar-refractivity contribution in [1.82, 2.24) is 0 Å². The number of phenolic OH excluding ortho intramolecular Hbond substituents is 2. The van der Waals surface area contributed by atoms with Crippen LogP contribution in [0.1, 0.15) is 0 Å². The van der Waals surface area contributed by atoms with E-state index in [-0.39, 0.29) is 44.3 Å². The maximum Gasteiger partial charge on any atom is 0.294 e. The number of azo groups is 2. The molecule has 0 aromatic heterocycles. The van der Waals surface area contributed by atoms with Gasteiger partial charge in [0.25, 0.3) is 20.2 Å². The number of nitrogen functional groups attached to an aromatic ring is 2. The molecule has 0 spiro atoms. The molecule has 266 valence electrons. The molecule has 16 nitrogen and oxygen atoms in total. The van der Waals surface area contributed by atoms with Gasteiger partial charge in [-0.1, -0.05) is 24.3 Å². The lowest BCUT2D eigenvalue weighted by molar-refractivity contribution is 0.415. The van der Waals surface area contributed by atoms with Crippen molar-refractivity contribution in [3.63, 3.8) is 0 Å². The number of hydrogen-bond donors (Lipinski definition) is 6. The summed E-state index contributed by atoms with van der Waals surface area (Å²) >= 11 is 0. The van der Waals surface area contributed by atoms with Gasteiger partial charge in [-0.25, -0.2) is 0 Å². The Labute approximate surface area is 295 Å². The molecule has 0 amide bonds. The second-order valence-corrected chi connectivity index (χ2v) is 14.1. The van der Waals surface area contributed by atoms with Crippen molar-refractivity contribution >= 4 is 75.9 Å². The summed E-state index contributed by atoms with van der Waals surface area (Å²) in [5.74, 6) is -0.301. The summed E-state index contributed by atoms with van der Waals surface area (Å²) in [4.78, 5) is -0.992. The van der Waals surface area contributed by atoms with E-state index >= 15 is 0 Å². The molecule has 0 radical (unpaired) electrons. The average Bonchev–Trinajstić information content (AvgIpc) is 3.10. The predicted octanol–water partition coefficient (Wildman–Crippen LogP) is 7.58. The van der Waals surface area contributed by atoms with Gasteiger partial charge in [0.15, 0.2) is 0 Å². The minimum absolute atomic E-state index is 0.0702. The van der Waals surface area contributed by atoms with Crippen molar-refractivity contribution in [2.75, 3.05) is 25.7 Å². The zero-order valence-electron chi connectivity index (χ0n) is 27.1. The third kappa shape index (κ3) is 6.86. The minimum Gasteiger partial charge on any atom is -0.507 e. The number of nitrogens with two attached hydrogens (primary N) is 2. The Morgan fingerprint density at radius 2 is 0.923 bits per heavy atom. The van der Waals surface area contributed by atoms with Crippen molar-refractivity contribution in [3.8, 4) is 34.1 Å². The van der Waals surface area contributed by atoms with Crippen molar-refractivity contribution in [1.29, 1.82) is 0 Å². The highest BCUT2D eigenvalue weighted by Crippen LogP contribution is 2.44. The monoisotopic (exact) mass is 744 g/mol. The zero-order valence-corrected chi connectivity index (χ0v) is 28.7. The summed E-state index contributed by atoms with van der Waals surface area (Å²) in [6, 6.07) is 20.2. The van der Waals surface area contributed by atoms with Gasteiger partial charge < -0.3 is 31.2 Å². The first-order valence-electron chi connectivity index (χ1n) is 14.8. The number of methoxy groups -OCH3 is 2. The number of benzene rings is 6. The highest BCUT2D eigenvalue weighted by molar-refractivity contribution is 7.86. The molecule has 0 saturated heterocycles. The van der Waals surface area contributed by atoms with Gasteiger partial charge in [-0.2, -0.15) is 16.8 Å². The highest BCUT2D eigenvalue weighted by Gasteiger charge is 2.19. The van der Waals surface area contributed by atoms with Crippen LogP contribution in [0.3, 0.4) is 0 Å². The topological polar surface area (TPSA) is 269 Å². The normalized spacial score (nSPS) is 12.3. The Hall–Kier alpha value is -6.34. The number of fused-ring (bicyclic) bond motifs is 2. The van der Waals surface area contributed by atoms with E-state index in [4.69, 9.17) is 20.9 Å². The number of nitrogens with zero attached hydrogens (tertiary/aromatic N) is 4. The van der Waals surface area contributed by atoms with E-state index in [1.165, 1.54) is 50.6 Å². The first-order chi connectivity index (χ1) is 24.6. The lowest BCUT2D eigenvalue weighted by Crippen LogP contribution is -1.98. The van der Waals surface area contributed by atoms with Gasteiger partial charge in [0.1, 0.15) is 45.7 Å². The minimum atomic E-state index is -4.58. The van der Waals surface area contributed by atoms with Crippen LogP contribution in [0.25, 0.3) is 32.7 Å². The van der Waals surface area contributed by atoms with E-state index in [0.717, 1.165) is 12.1 Å². The zero-order chi connectivity index (χ0) is 37.5. The van der Waals surface area contributed by atoms with Gasteiger partial charge in [-0.05, 0) is 70.4 Å². The molecule has 6 aromatic carbocycles. The first-order valence-corrected chi connectivity index (χ1v) is 17.7. The van der Waals surface area contributed by atoms with Crippen LogP contribution in [0.4, 0.5) is 34.1 Å². The molecule has 0 heterocycles. The maximum absolute atomic E-state index is 11.6. The third-order valence-electron chi connectivity index (χ3n) is 7.95. The van der Waals surface area contributed by atoms with E-state index in [1.807, 2.05) is 0 Å². The van der Waals surface area contributed by atoms with Crippen LogP contribution in [-0.2, 0) is 20.2 Å². The van der Waals surface area contributed by atoms with Crippen LogP contribution in [-0.4, -0.2) is 50.4 Å². The Morgan fingerprint density at radius 3 is 1.27 bits per heavy atom. The Morgan fingerprint density at radius 1 is 0.538 bits per heavy atom. The van der Waals surface area contributed by atoms with Crippen LogP contribution in [0.15, 0.2) is 115 Å². The van der Waals surface area contributed by atoms with Crippen molar-refractivity contribution < 1.29 is 45.6 Å². The smallest absolute Gasteiger partial charge is 0.294 e. The molecule has 0 aliphatic rings. The largest absolute Gasteiger partial charge is 0.507 e. The van der Waals surface area contributed by atoms with Crippen LogP contribution in [0.2, 0.25) is 0 Å². The Bertz CT molecular complexity index is 2530. The SMILES string of the molecule is COc1cc(-c2ccc(N=Nc3c(N)ccc4cc(S(=O)(=O)O)cc(O)c34)c(OC)c2)ccc1N=Nc1c(N)ccc2cc(S(=O)(=O)O)cc(O)c12. The van der Waals surface area contributed by atoms with Gasteiger partial charge in [0, 0.05) is 12.1 Å². The van der Waals surface area contributed by atoms with Crippen molar-refractivity contribution in [2.45, 2.75) is 9.79 Å². The molecule has 52 heavy (non-hydrogen) atoms. The van der Waals surface area contributed by atoms with Crippen LogP contribution < -0.4 is 20.9 Å². The quantitative estimate of drug-likeness (QED) is 0.0475. The molecule has 0 bridgehead atoms. The molecule has 6 rings (SSSR count). The van der Waals surface area contributed by atoms with Crippen LogP contribution in [0.5, 0.6) is 23.0 Å². The summed E-state index contributed by atoms with van der Waals surface area (Å²) < 4.78 is 76.5. The number of hydrogen-bond acceptors (Lipinski definition) is 14. The number of rotatable bonds is 9. The number of aromatic hydroxyl groups is 2. The number of anilines is 2. The van der Waals surface area contributed by atoms with Gasteiger partial charge in [-0.15, -0.1) is 20.5 Å². The van der Waals surface area contributed by atoms with Crippen molar-refractivity contribution in [2.24, 2.45) is 20.5 Å². The molecule has 6 aromatic rings. The van der Waals surface area contributed by atoms with E-state index < -0.39 is 41.5 Å². The maximum atomic E-state index is 11.6. The van der Waals surface area contributed by atoms with Gasteiger partial charge in [-0.3, -0.25) is 9.11 Å². The van der Waals surface area contributed by atoms with E-state index in [0.29, 0.717) is 34.0 Å². The molecule has 0 unspecified atom stereocenters. The molecule has 0 aliphatic heterocycles. The molecular weight excluding hydrogens is 717 g/mol. The fourth-order valence-electron chi connectivity index (χ4n) is 5.43. The van der Waals surface area contributed by atoms with Gasteiger partial charge in [0.2, 0.25) is 0 Å².